The molecule has 2 rings (SSSR count). The highest BCUT2D eigenvalue weighted by Gasteiger charge is 2.19. The Hall–Kier alpha value is -2.41. The van der Waals surface area contributed by atoms with E-state index in [-0.39, 0.29) is 29.4 Å². The van der Waals surface area contributed by atoms with Gasteiger partial charge in [-0.1, -0.05) is 24.3 Å². The van der Waals surface area contributed by atoms with Gasteiger partial charge in [0.15, 0.2) is 5.78 Å². The van der Waals surface area contributed by atoms with E-state index in [0.29, 0.717) is 23.2 Å². The van der Waals surface area contributed by atoms with Crippen LogP contribution in [0.5, 0.6) is 11.5 Å². The Morgan fingerprint density at radius 1 is 1.08 bits per heavy atom. The fourth-order valence-electron chi connectivity index (χ4n) is 2.59. The normalized spacial score (nSPS) is 12.1. The second-order valence-electron chi connectivity index (χ2n) is 5.50. The van der Waals surface area contributed by atoms with Crippen LogP contribution in [-0.2, 0) is 0 Å². The van der Waals surface area contributed by atoms with E-state index in [1.807, 2.05) is 0 Å². The highest BCUT2D eigenvalue weighted by Crippen LogP contribution is 2.39. The number of aliphatic hydroxyl groups excluding tert-OH is 1. The SMILES string of the molecule is CNCC(=O)c1cccc(O)c1-c1ccc([C@@H](O)CNC)cc1O. The lowest BCUT2D eigenvalue weighted by atomic mass is 9.93. The molecule has 2 aromatic rings. The van der Waals surface area contributed by atoms with Gasteiger partial charge < -0.3 is 26.0 Å². The quantitative estimate of drug-likeness (QED) is 0.492. The zero-order chi connectivity index (χ0) is 17.7. The van der Waals surface area contributed by atoms with E-state index in [9.17, 15) is 20.1 Å². The molecular weight excluding hydrogens is 308 g/mol. The molecule has 0 saturated heterocycles. The first-order valence-electron chi connectivity index (χ1n) is 7.65. The molecule has 128 valence electrons. The summed E-state index contributed by atoms with van der Waals surface area (Å²) >= 11 is 0. The standard InChI is InChI=1S/C18H22N2O4/c1-19-9-16(23)11-6-7-13(15(22)8-11)18-12(17(24)10-20-2)4-3-5-14(18)21/h3-8,16,19-23H,9-10H2,1-2H3/t16-/m0/s1. The molecule has 24 heavy (non-hydrogen) atoms. The summed E-state index contributed by atoms with van der Waals surface area (Å²) in [6.45, 7) is 0.470. The molecule has 0 heterocycles. The lowest BCUT2D eigenvalue weighted by molar-refractivity contribution is 0.0994. The minimum Gasteiger partial charge on any atom is -0.507 e. The maximum atomic E-state index is 12.3. The van der Waals surface area contributed by atoms with Crippen molar-refractivity contribution in [1.82, 2.24) is 10.6 Å². The zero-order valence-corrected chi connectivity index (χ0v) is 13.7. The van der Waals surface area contributed by atoms with E-state index in [1.165, 1.54) is 12.1 Å². The smallest absolute Gasteiger partial charge is 0.177 e. The number of hydrogen-bond acceptors (Lipinski definition) is 6. The lowest BCUT2D eigenvalue weighted by Crippen LogP contribution is -2.19. The fourth-order valence-corrected chi connectivity index (χ4v) is 2.59. The Morgan fingerprint density at radius 2 is 1.83 bits per heavy atom. The number of likely N-dealkylation sites (N-methyl/N-ethyl adjacent to an activating group) is 2. The number of carbonyl (C=O) groups is 1. The van der Waals surface area contributed by atoms with Crippen LogP contribution in [0.1, 0.15) is 22.0 Å². The van der Waals surface area contributed by atoms with Crippen molar-refractivity contribution in [3.8, 4) is 22.6 Å². The molecule has 2 aromatic carbocycles. The summed E-state index contributed by atoms with van der Waals surface area (Å²) in [7, 11) is 3.38. The van der Waals surface area contributed by atoms with Crippen molar-refractivity contribution in [2.24, 2.45) is 0 Å². The third-order valence-corrected chi connectivity index (χ3v) is 3.75. The molecule has 0 radical (unpaired) electrons. The number of rotatable bonds is 7. The first kappa shape index (κ1) is 17.9. The molecule has 0 unspecified atom stereocenters. The largest absolute Gasteiger partial charge is 0.507 e. The van der Waals surface area contributed by atoms with Gasteiger partial charge in [0.1, 0.15) is 11.5 Å². The topological polar surface area (TPSA) is 102 Å². The fraction of sp³-hybridized carbons (Fsp3) is 0.278. The number of hydrogen-bond donors (Lipinski definition) is 5. The number of ketones is 1. The van der Waals surface area contributed by atoms with Gasteiger partial charge in [0, 0.05) is 23.2 Å². The summed E-state index contributed by atoms with van der Waals surface area (Å²) < 4.78 is 0. The van der Waals surface area contributed by atoms with Crippen LogP contribution in [0.4, 0.5) is 0 Å². The maximum Gasteiger partial charge on any atom is 0.177 e. The summed E-state index contributed by atoms with van der Waals surface area (Å²) in [4.78, 5) is 12.3. The Morgan fingerprint density at radius 3 is 2.46 bits per heavy atom. The van der Waals surface area contributed by atoms with Gasteiger partial charge in [-0.15, -0.1) is 0 Å². The van der Waals surface area contributed by atoms with Crippen LogP contribution >= 0.6 is 0 Å². The van der Waals surface area contributed by atoms with Crippen LogP contribution in [0.15, 0.2) is 36.4 Å². The van der Waals surface area contributed by atoms with Crippen molar-refractivity contribution in [3.05, 3.63) is 47.5 Å². The Kier molecular flexibility index (Phi) is 5.92. The summed E-state index contributed by atoms with van der Waals surface area (Å²) in [5, 5.41) is 36.2. The van der Waals surface area contributed by atoms with Crippen molar-refractivity contribution in [2.75, 3.05) is 27.2 Å². The van der Waals surface area contributed by atoms with Crippen LogP contribution < -0.4 is 10.6 Å². The number of aromatic hydroxyl groups is 2. The van der Waals surface area contributed by atoms with E-state index >= 15 is 0 Å². The van der Waals surface area contributed by atoms with Crippen molar-refractivity contribution >= 4 is 5.78 Å². The van der Waals surface area contributed by atoms with Gasteiger partial charge in [-0.3, -0.25) is 4.79 Å². The molecule has 6 heteroatoms. The lowest BCUT2D eigenvalue weighted by Gasteiger charge is -2.15. The highest BCUT2D eigenvalue weighted by atomic mass is 16.3. The van der Waals surface area contributed by atoms with Gasteiger partial charge in [-0.2, -0.15) is 0 Å². The molecule has 0 aliphatic heterocycles. The second-order valence-corrected chi connectivity index (χ2v) is 5.50. The highest BCUT2D eigenvalue weighted by molar-refractivity contribution is 6.05. The summed E-state index contributed by atoms with van der Waals surface area (Å²) in [5.74, 6) is -0.388. The van der Waals surface area contributed by atoms with Crippen LogP contribution in [0.2, 0.25) is 0 Å². The Labute approximate surface area is 140 Å². The van der Waals surface area contributed by atoms with Gasteiger partial charge in [0.25, 0.3) is 0 Å². The minimum absolute atomic E-state index is 0.0872. The molecule has 0 aliphatic carbocycles. The molecule has 0 aromatic heterocycles. The number of Topliss-reactive ketones (excluding diaryl/α,β-unsaturated/α-hetero) is 1. The van der Waals surface area contributed by atoms with E-state index < -0.39 is 6.10 Å². The molecule has 1 atom stereocenters. The molecule has 0 fully saturated rings. The number of carbonyl (C=O) groups excluding carboxylic acids is 1. The second kappa shape index (κ2) is 7.92. The Bertz CT molecular complexity index is 731. The zero-order valence-electron chi connectivity index (χ0n) is 13.7. The maximum absolute atomic E-state index is 12.3. The van der Waals surface area contributed by atoms with E-state index in [1.54, 1.807) is 38.4 Å². The first-order valence-corrected chi connectivity index (χ1v) is 7.65. The molecule has 0 amide bonds. The van der Waals surface area contributed by atoms with Gasteiger partial charge in [0.05, 0.1) is 12.6 Å². The molecular formula is C18H22N2O4. The summed E-state index contributed by atoms with van der Waals surface area (Å²) in [6, 6.07) is 9.36. The predicted molar refractivity (Wildman–Crippen MR) is 92.4 cm³/mol. The third kappa shape index (κ3) is 3.73. The van der Waals surface area contributed by atoms with Crippen LogP contribution in [0, 0.1) is 0 Å². The number of phenolic OH excluding ortho intramolecular Hbond substituents is 2. The average Bonchev–Trinajstić information content (AvgIpc) is 2.55. The molecule has 0 spiro atoms. The van der Waals surface area contributed by atoms with Crippen LogP contribution in [-0.4, -0.2) is 48.3 Å². The van der Waals surface area contributed by atoms with Crippen molar-refractivity contribution in [3.63, 3.8) is 0 Å². The van der Waals surface area contributed by atoms with Crippen LogP contribution in [0.3, 0.4) is 0 Å². The number of phenols is 2. The van der Waals surface area contributed by atoms with E-state index in [0.717, 1.165) is 0 Å². The molecule has 0 aliphatic rings. The van der Waals surface area contributed by atoms with Gasteiger partial charge in [-0.25, -0.2) is 0 Å². The first-order chi connectivity index (χ1) is 11.5. The predicted octanol–water partition coefficient (Wildman–Crippen LogP) is 1.42. The van der Waals surface area contributed by atoms with Crippen molar-refractivity contribution < 1.29 is 20.1 Å². The van der Waals surface area contributed by atoms with E-state index in [2.05, 4.69) is 10.6 Å². The van der Waals surface area contributed by atoms with Crippen LogP contribution in [0.25, 0.3) is 11.1 Å². The molecule has 0 saturated carbocycles. The van der Waals surface area contributed by atoms with Gasteiger partial charge in [-0.05, 0) is 31.8 Å². The summed E-state index contributed by atoms with van der Waals surface area (Å²) in [6.07, 6.45) is -0.760. The third-order valence-electron chi connectivity index (χ3n) is 3.75. The molecule has 0 bridgehead atoms. The number of aliphatic hydroxyl groups is 1. The van der Waals surface area contributed by atoms with Gasteiger partial charge in [0.2, 0.25) is 0 Å². The van der Waals surface area contributed by atoms with Crippen molar-refractivity contribution in [1.29, 1.82) is 0 Å². The minimum atomic E-state index is -0.760. The van der Waals surface area contributed by atoms with Gasteiger partial charge >= 0.3 is 0 Å². The average molecular weight is 330 g/mol. The van der Waals surface area contributed by atoms with Crippen molar-refractivity contribution in [2.45, 2.75) is 6.10 Å². The molecule has 5 N–H and O–H groups in total. The summed E-state index contributed by atoms with van der Waals surface area (Å²) in [5.41, 5.74) is 1.49. The number of benzene rings is 2. The monoisotopic (exact) mass is 330 g/mol. The number of nitrogens with one attached hydrogen (secondary N) is 2. The van der Waals surface area contributed by atoms with E-state index in [4.69, 9.17) is 0 Å². The molecule has 6 nitrogen and oxygen atoms in total. The Balaban J connectivity index is 2.50.